The molecule has 71 heavy (non-hydrogen) atoms. The van der Waals surface area contributed by atoms with Crippen molar-refractivity contribution >= 4 is 5.91 Å². The number of unbranched alkanes of at least 4 members (excludes halogenated alkanes) is 54. The van der Waals surface area contributed by atoms with Crippen LogP contribution < -0.4 is 5.32 Å². The highest BCUT2D eigenvalue weighted by Crippen LogP contribution is 2.19. The van der Waals surface area contributed by atoms with Crippen LogP contribution in [0, 0.1) is 0 Å². The zero-order valence-corrected chi connectivity index (χ0v) is 48.6. The summed E-state index contributed by atoms with van der Waals surface area (Å²) in [4.78, 5) is 12.6. The molecule has 0 aromatic heterocycles. The van der Waals surface area contributed by atoms with E-state index >= 15 is 0 Å². The molecule has 4 N–H and O–H groups in total. The lowest BCUT2D eigenvalue weighted by Crippen LogP contribution is -2.48. The summed E-state index contributed by atoms with van der Waals surface area (Å²) in [5, 5.41) is 33.5. The van der Waals surface area contributed by atoms with Gasteiger partial charge in [-0.05, 0) is 19.3 Å². The summed E-state index contributed by atoms with van der Waals surface area (Å²) in [6.07, 6.45) is 79.2. The van der Waals surface area contributed by atoms with Gasteiger partial charge in [-0.25, -0.2) is 0 Å². The molecule has 0 fully saturated rings. The predicted molar refractivity (Wildman–Crippen MR) is 315 cm³/mol. The summed E-state index contributed by atoms with van der Waals surface area (Å²) < 4.78 is 0. The molecule has 3 unspecified atom stereocenters. The normalized spacial score (nSPS) is 13.1. The molecule has 0 aliphatic carbocycles. The predicted octanol–water partition coefficient (Wildman–Crippen LogP) is 21.0. The van der Waals surface area contributed by atoms with E-state index < -0.39 is 24.2 Å². The molecular weight excluding hydrogens is 871 g/mol. The Balaban J connectivity index is 3.43. The number of aliphatic hydroxyl groups excluding tert-OH is 3. The first-order valence-corrected chi connectivity index (χ1v) is 33.0. The molecule has 0 spiro atoms. The average Bonchev–Trinajstić information content (AvgIpc) is 3.38. The van der Waals surface area contributed by atoms with E-state index in [4.69, 9.17) is 0 Å². The second-order valence-electron chi connectivity index (χ2n) is 23.0. The number of allylic oxidation sites excluding steroid dienone is 1. The van der Waals surface area contributed by atoms with Crippen LogP contribution in [0.1, 0.15) is 380 Å². The summed E-state index contributed by atoms with van der Waals surface area (Å²) in [5.41, 5.74) is 0. The van der Waals surface area contributed by atoms with E-state index in [0.717, 1.165) is 32.1 Å². The van der Waals surface area contributed by atoms with Gasteiger partial charge in [0.2, 0.25) is 5.91 Å². The van der Waals surface area contributed by atoms with E-state index in [1.54, 1.807) is 6.08 Å². The third-order valence-corrected chi connectivity index (χ3v) is 15.9. The summed E-state index contributed by atoms with van der Waals surface area (Å²) >= 11 is 0. The number of carbonyl (C=O) groups is 1. The second-order valence-corrected chi connectivity index (χ2v) is 23.0. The fourth-order valence-electron chi connectivity index (χ4n) is 10.8. The van der Waals surface area contributed by atoms with Crippen molar-refractivity contribution < 1.29 is 20.1 Å². The molecule has 0 bridgehead atoms. The smallest absolute Gasteiger partial charge is 0.249 e. The third-order valence-electron chi connectivity index (χ3n) is 15.9. The van der Waals surface area contributed by atoms with E-state index in [1.807, 2.05) is 6.08 Å². The van der Waals surface area contributed by atoms with Crippen molar-refractivity contribution in [2.24, 2.45) is 0 Å². The maximum atomic E-state index is 12.6. The molecule has 0 aromatic carbocycles. The molecule has 0 aliphatic heterocycles. The Hall–Kier alpha value is -0.910. The Kier molecular flexibility index (Phi) is 60.8. The lowest BCUT2D eigenvalue weighted by molar-refractivity contribution is -0.131. The number of amides is 1. The molecule has 0 saturated heterocycles. The number of rotatable bonds is 62. The van der Waals surface area contributed by atoms with Gasteiger partial charge in [0.05, 0.1) is 18.8 Å². The Labute approximate surface area is 446 Å². The number of aliphatic hydroxyl groups is 3. The van der Waals surface area contributed by atoms with Crippen LogP contribution in [0.2, 0.25) is 0 Å². The highest BCUT2D eigenvalue weighted by Gasteiger charge is 2.22. The van der Waals surface area contributed by atoms with Crippen LogP contribution in [-0.4, -0.2) is 46.1 Å². The highest BCUT2D eigenvalue weighted by molar-refractivity contribution is 5.80. The largest absolute Gasteiger partial charge is 0.394 e. The number of nitrogens with one attached hydrogen (secondary N) is 1. The quantitative estimate of drug-likeness (QED) is 0.0361. The van der Waals surface area contributed by atoms with Crippen LogP contribution in [0.4, 0.5) is 0 Å². The van der Waals surface area contributed by atoms with Crippen molar-refractivity contribution in [2.75, 3.05) is 6.61 Å². The van der Waals surface area contributed by atoms with Crippen LogP contribution in [-0.2, 0) is 4.79 Å². The van der Waals surface area contributed by atoms with E-state index in [2.05, 4.69) is 19.2 Å². The molecule has 5 heteroatoms. The fourth-order valence-corrected chi connectivity index (χ4v) is 10.8. The number of carbonyl (C=O) groups excluding carboxylic acids is 1. The molecule has 1 amide bonds. The zero-order valence-electron chi connectivity index (χ0n) is 48.6. The molecule has 5 nitrogen and oxygen atoms in total. The van der Waals surface area contributed by atoms with Gasteiger partial charge in [0, 0.05) is 0 Å². The van der Waals surface area contributed by atoms with Gasteiger partial charge < -0.3 is 20.6 Å². The third kappa shape index (κ3) is 56.7. The van der Waals surface area contributed by atoms with Crippen molar-refractivity contribution in [2.45, 2.75) is 398 Å². The molecule has 3 atom stereocenters. The van der Waals surface area contributed by atoms with Gasteiger partial charge in [-0.3, -0.25) is 4.79 Å². The Morgan fingerprint density at radius 2 is 0.549 bits per heavy atom. The van der Waals surface area contributed by atoms with E-state index in [9.17, 15) is 20.1 Å². The lowest BCUT2D eigenvalue weighted by Gasteiger charge is -2.21. The van der Waals surface area contributed by atoms with Gasteiger partial charge in [0.25, 0.3) is 0 Å². The fraction of sp³-hybridized carbons (Fsp3) is 0.955. The molecule has 0 saturated carbocycles. The Morgan fingerprint density at radius 1 is 0.338 bits per heavy atom. The van der Waals surface area contributed by atoms with Gasteiger partial charge in [-0.1, -0.05) is 373 Å². The summed E-state index contributed by atoms with van der Waals surface area (Å²) in [6.45, 7) is 4.23. The van der Waals surface area contributed by atoms with Crippen LogP contribution in [0.5, 0.6) is 0 Å². The van der Waals surface area contributed by atoms with Crippen molar-refractivity contribution in [3.8, 4) is 0 Å². The summed E-state index contributed by atoms with van der Waals surface area (Å²) in [7, 11) is 0. The Bertz CT molecular complexity index is 1020. The van der Waals surface area contributed by atoms with Crippen molar-refractivity contribution in [3.63, 3.8) is 0 Å². The first-order valence-electron chi connectivity index (χ1n) is 33.0. The highest BCUT2D eigenvalue weighted by atomic mass is 16.3. The molecular formula is C66H131NO4. The molecule has 0 radical (unpaired) electrons. The van der Waals surface area contributed by atoms with Gasteiger partial charge in [0.1, 0.15) is 6.10 Å². The minimum Gasteiger partial charge on any atom is -0.394 e. The average molecular weight is 1000 g/mol. The van der Waals surface area contributed by atoms with Crippen LogP contribution in [0.3, 0.4) is 0 Å². The van der Waals surface area contributed by atoms with Gasteiger partial charge in [-0.2, -0.15) is 0 Å². The van der Waals surface area contributed by atoms with Crippen LogP contribution in [0.15, 0.2) is 12.2 Å². The topological polar surface area (TPSA) is 89.8 Å². The lowest BCUT2D eigenvalue weighted by atomic mass is 10.0. The van der Waals surface area contributed by atoms with Gasteiger partial charge in [-0.15, -0.1) is 0 Å². The minimum absolute atomic E-state index is 0.358. The second kappa shape index (κ2) is 61.6. The van der Waals surface area contributed by atoms with Gasteiger partial charge in [0.15, 0.2) is 0 Å². The van der Waals surface area contributed by atoms with Crippen LogP contribution in [0.25, 0.3) is 0 Å². The monoisotopic (exact) mass is 1000 g/mol. The molecule has 0 heterocycles. The van der Waals surface area contributed by atoms with Crippen molar-refractivity contribution in [1.82, 2.24) is 5.32 Å². The van der Waals surface area contributed by atoms with E-state index in [1.165, 1.54) is 327 Å². The number of hydrogen-bond donors (Lipinski definition) is 4. The SMILES string of the molecule is CCCCCCCCCCCCCCCCCCC/C=C/C(O)C(CO)NC(=O)C(O)CCCCCCCCCCCCCCCCCCCCCCCCCCCCCCCCCCCCCCCC. The molecule has 0 rings (SSSR count). The summed E-state index contributed by atoms with van der Waals surface area (Å²) in [5.74, 6) is -0.494. The van der Waals surface area contributed by atoms with Crippen LogP contribution >= 0.6 is 0 Å². The van der Waals surface area contributed by atoms with Crippen molar-refractivity contribution in [3.05, 3.63) is 12.2 Å². The first kappa shape index (κ1) is 70.1. The van der Waals surface area contributed by atoms with Gasteiger partial charge >= 0.3 is 0 Å². The first-order chi connectivity index (χ1) is 35.1. The summed E-state index contributed by atoms with van der Waals surface area (Å²) in [6, 6.07) is -0.795. The maximum Gasteiger partial charge on any atom is 0.249 e. The Morgan fingerprint density at radius 3 is 0.775 bits per heavy atom. The standard InChI is InChI=1S/C66H131NO4/c1-3-5-7-9-11-13-15-17-19-21-23-24-25-26-27-28-29-30-31-32-33-34-35-36-37-38-39-40-41-43-45-47-49-51-53-55-57-59-61-65(70)66(71)67-63(62-68)64(69)60-58-56-54-52-50-48-46-44-42-22-20-18-16-14-12-10-8-6-4-2/h58,60,63-65,68-70H,3-57,59,61-62H2,1-2H3,(H,67,71)/b60-58+. The van der Waals surface area contributed by atoms with E-state index in [-0.39, 0.29) is 6.61 Å². The van der Waals surface area contributed by atoms with Crippen molar-refractivity contribution in [1.29, 1.82) is 0 Å². The molecule has 0 aliphatic rings. The van der Waals surface area contributed by atoms with E-state index in [0.29, 0.717) is 6.42 Å². The maximum absolute atomic E-state index is 12.6. The number of hydrogen-bond acceptors (Lipinski definition) is 4. The zero-order chi connectivity index (χ0) is 51.4. The minimum atomic E-state index is -1.09. The molecule has 424 valence electrons. The molecule has 0 aromatic rings.